The third kappa shape index (κ3) is 3.31. The van der Waals surface area contributed by atoms with Gasteiger partial charge >= 0.3 is 5.97 Å². The average Bonchev–Trinajstić information content (AvgIpc) is 2.52. The molecule has 0 aromatic carbocycles. The van der Waals surface area contributed by atoms with Crippen molar-refractivity contribution >= 4 is 5.97 Å². The number of hydrogen-bond donors (Lipinski definition) is 0. The molecule has 0 fully saturated rings. The van der Waals surface area contributed by atoms with E-state index in [4.69, 9.17) is 4.74 Å². The quantitative estimate of drug-likeness (QED) is 0.512. The summed E-state index contributed by atoms with van der Waals surface area (Å²) in [5.74, 6) is 5.25. The van der Waals surface area contributed by atoms with Crippen LogP contribution in [0.4, 0.5) is 0 Å². The molecule has 0 amide bonds. The van der Waals surface area contributed by atoms with Gasteiger partial charge in [0.25, 0.3) is 0 Å². The van der Waals surface area contributed by atoms with Crippen LogP contribution in [0, 0.1) is 11.8 Å². The second kappa shape index (κ2) is 5.07. The Kier molecular flexibility index (Phi) is 3.74. The first-order valence-electron chi connectivity index (χ1n) is 4.35. The lowest BCUT2D eigenvalue weighted by atomic mass is 10.3. The first-order chi connectivity index (χ1) is 6.72. The predicted molar refractivity (Wildman–Crippen MR) is 51.3 cm³/mol. The molecule has 1 aromatic heterocycles. The fourth-order valence-corrected chi connectivity index (χ4v) is 0.916. The Hall–Kier alpha value is -1.76. The van der Waals surface area contributed by atoms with Crippen molar-refractivity contribution in [1.82, 2.24) is 9.78 Å². The summed E-state index contributed by atoms with van der Waals surface area (Å²) in [5.41, 5.74) is 0.803. The monoisotopic (exact) mass is 192 g/mol. The largest absolute Gasteiger partial charge is 0.465 e. The summed E-state index contributed by atoms with van der Waals surface area (Å²) < 4.78 is 6.38. The summed E-state index contributed by atoms with van der Waals surface area (Å²) in [5, 5.41) is 3.95. The zero-order valence-corrected chi connectivity index (χ0v) is 8.28. The van der Waals surface area contributed by atoms with Crippen LogP contribution in [-0.2, 0) is 16.6 Å². The van der Waals surface area contributed by atoms with E-state index in [1.807, 2.05) is 7.05 Å². The summed E-state index contributed by atoms with van der Waals surface area (Å²) in [4.78, 5) is 10.9. The van der Waals surface area contributed by atoms with Gasteiger partial charge in [-0.2, -0.15) is 5.10 Å². The second-order valence-electron chi connectivity index (χ2n) is 2.69. The Morgan fingerprint density at radius 2 is 2.50 bits per heavy atom. The van der Waals surface area contributed by atoms with Gasteiger partial charge in [0, 0.05) is 13.2 Å². The molecule has 4 heteroatoms. The van der Waals surface area contributed by atoms with Gasteiger partial charge in [-0.1, -0.05) is 11.8 Å². The SMILES string of the molecule is CCOC(=O)CC#Cc1cnn(C)c1. The van der Waals surface area contributed by atoms with E-state index in [1.54, 1.807) is 24.0 Å². The van der Waals surface area contributed by atoms with E-state index in [2.05, 4.69) is 16.9 Å². The average molecular weight is 192 g/mol. The van der Waals surface area contributed by atoms with E-state index in [0.717, 1.165) is 5.56 Å². The molecule has 74 valence electrons. The van der Waals surface area contributed by atoms with Gasteiger partial charge in [0.1, 0.15) is 6.42 Å². The molecule has 0 atom stereocenters. The number of carbonyl (C=O) groups is 1. The third-order valence-electron chi connectivity index (χ3n) is 1.48. The van der Waals surface area contributed by atoms with Gasteiger partial charge in [-0.05, 0) is 6.92 Å². The maximum Gasteiger partial charge on any atom is 0.317 e. The van der Waals surface area contributed by atoms with Gasteiger partial charge in [0.05, 0.1) is 18.4 Å². The molecule has 0 saturated carbocycles. The molecule has 0 unspecified atom stereocenters. The number of aryl methyl sites for hydroxylation is 1. The standard InChI is InChI=1S/C10H12N2O2/c1-3-14-10(13)6-4-5-9-7-11-12(2)8-9/h7-8H,3,6H2,1-2H3. The molecule has 0 aliphatic heterocycles. The number of ether oxygens (including phenoxy) is 1. The molecule has 0 N–H and O–H groups in total. The lowest BCUT2D eigenvalue weighted by molar-refractivity contribution is -0.141. The second-order valence-corrected chi connectivity index (χ2v) is 2.69. The summed E-state index contributed by atoms with van der Waals surface area (Å²) in [6.45, 7) is 2.17. The molecule has 0 spiro atoms. The first-order valence-corrected chi connectivity index (χ1v) is 4.35. The number of rotatable bonds is 2. The molecular formula is C10H12N2O2. The molecule has 0 bridgehead atoms. The van der Waals surface area contributed by atoms with E-state index in [9.17, 15) is 4.79 Å². The summed E-state index contributed by atoms with van der Waals surface area (Å²) in [7, 11) is 1.82. The van der Waals surface area contributed by atoms with Crippen LogP contribution >= 0.6 is 0 Å². The van der Waals surface area contributed by atoms with Crippen molar-refractivity contribution in [1.29, 1.82) is 0 Å². The Bertz CT molecular complexity index is 371. The van der Waals surface area contributed by atoms with Crippen LogP contribution in [0.3, 0.4) is 0 Å². The van der Waals surface area contributed by atoms with Crippen molar-refractivity contribution in [3.63, 3.8) is 0 Å². The Balaban J connectivity index is 2.44. The molecule has 1 heterocycles. The molecule has 1 aromatic rings. The zero-order chi connectivity index (χ0) is 10.4. The Morgan fingerprint density at radius 3 is 3.07 bits per heavy atom. The normalized spacial score (nSPS) is 9.00. The van der Waals surface area contributed by atoms with E-state index in [-0.39, 0.29) is 12.4 Å². The van der Waals surface area contributed by atoms with Crippen molar-refractivity contribution in [2.75, 3.05) is 6.61 Å². The van der Waals surface area contributed by atoms with Crippen molar-refractivity contribution in [2.45, 2.75) is 13.3 Å². The molecule has 0 aliphatic carbocycles. The van der Waals surface area contributed by atoms with Crippen molar-refractivity contribution in [2.24, 2.45) is 7.05 Å². The zero-order valence-electron chi connectivity index (χ0n) is 8.28. The molecule has 4 nitrogen and oxygen atoms in total. The van der Waals surface area contributed by atoms with E-state index >= 15 is 0 Å². The lowest BCUT2D eigenvalue weighted by Crippen LogP contribution is -2.01. The van der Waals surface area contributed by atoms with Crippen LogP contribution in [0.5, 0.6) is 0 Å². The van der Waals surface area contributed by atoms with Gasteiger partial charge in [0.15, 0.2) is 0 Å². The number of esters is 1. The molecule has 0 aliphatic rings. The number of nitrogens with zero attached hydrogens (tertiary/aromatic N) is 2. The van der Waals surface area contributed by atoms with E-state index in [0.29, 0.717) is 6.61 Å². The number of carbonyl (C=O) groups excluding carboxylic acids is 1. The van der Waals surface area contributed by atoms with Crippen LogP contribution in [-0.4, -0.2) is 22.4 Å². The number of hydrogen-bond acceptors (Lipinski definition) is 3. The van der Waals surface area contributed by atoms with Gasteiger partial charge in [0.2, 0.25) is 0 Å². The van der Waals surface area contributed by atoms with Crippen LogP contribution in [0.1, 0.15) is 18.9 Å². The molecule has 14 heavy (non-hydrogen) atoms. The topological polar surface area (TPSA) is 44.1 Å². The van der Waals surface area contributed by atoms with Gasteiger partial charge in [-0.15, -0.1) is 0 Å². The summed E-state index contributed by atoms with van der Waals surface area (Å²) >= 11 is 0. The van der Waals surface area contributed by atoms with Gasteiger partial charge in [-0.25, -0.2) is 0 Å². The predicted octanol–water partition coefficient (Wildman–Crippen LogP) is 0.725. The van der Waals surface area contributed by atoms with Crippen LogP contribution in [0.2, 0.25) is 0 Å². The highest BCUT2D eigenvalue weighted by Gasteiger charge is 1.96. The minimum Gasteiger partial charge on any atom is -0.465 e. The first kappa shape index (κ1) is 10.3. The molecule has 0 radical (unpaired) electrons. The third-order valence-corrected chi connectivity index (χ3v) is 1.48. The Labute approximate surface area is 82.9 Å². The van der Waals surface area contributed by atoms with E-state index < -0.39 is 0 Å². The fourth-order valence-electron chi connectivity index (χ4n) is 0.916. The van der Waals surface area contributed by atoms with Crippen molar-refractivity contribution in [3.05, 3.63) is 18.0 Å². The van der Waals surface area contributed by atoms with E-state index in [1.165, 1.54) is 0 Å². The van der Waals surface area contributed by atoms with Crippen molar-refractivity contribution < 1.29 is 9.53 Å². The smallest absolute Gasteiger partial charge is 0.317 e. The highest BCUT2D eigenvalue weighted by molar-refractivity contribution is 5.72. The molecule has 0 saturated heterocycles. The van der Waals surface area contributed by atoms with Crippen LogP contribution < -0.4 is 0 Å². The number of aromatic nitrogens is 2. The minimum absolute atomic E-state index is 0.128. The highest BCUT2D eigenvalue weighted by Crippen LogP contribution is 1.93. The van der Waals surface area contributed by atoms with Crippen LogP contribution in [0.15, 0.2) is 12.4 Å². The maximum atomic E-state index is 10.9. The lowest BCUT2D eigenvalue weighted by Gasteiger charge is -1.94. The Morgan fingerprint density at radius 1 is 1.71 bits per heavy atom. The molecular weight excluding hydrogens is 180 g/mol. The van der Waals surface area contributed by atoms with Crippen LogP contribution in [0.25, 0.3) is 0 Å². The maximum absolute atomic E-state index is 10.9. The minimum atomic E-state index is -0.288. The summed E-state index contributed by atoms with van der Waals surface area (Å²) in [6.07, 6.45) is 3.57. The fraction of sp³-hybridized carbons (Fsp3) is 0.400. The van der Waals surface area contributed by atoms with Crippen molar-refractivity contribution in [3.8, 4) is 11.8 Å². The summed E-state index contributed by atoms with van der Waals surface area (Å²) in [6, 6.07) is 0. The highest BCUT2D eigenvalue weighted by atomic mass is 16.5. The van der Waals surface area contributed by atoms with Gasteiger partial charge < -0.3 is 4.74 Å². The van der Waals surface area contributed by atoms with Gasteiger partial charge in [-0.3, -0.25) is 9.48 Å². The molecule has 1 rings (SSSR count).